The Morgan fingerprint density at radius 3 is 2.54 bits per heavy atom. The Morgan fingerprint density at radius 1 is 1.08 bits per heavy atom. The highest BCUT2D eigenvalue weighted by Gasteiger charge is 2.23. The largest absolute Gasteiger partial charge is 0.508 e. The van der Waals surface area contributed by atoms with Gasteiger partial charge in [0.2, 0.25) is 0 Å². The Kier molecular flexibility index (Phi) is 5.36. The number of hydrogen-bond acceptors (Lipinski definition) is 2. The normalized spacial score (nSPS) is 15.2. The number of aromatic hydroxyl groups is 1. The van der Waals surface area contributed by atoms with Crippen molar-refractivity contribution in [1.82, 2.24) is 10.2 Å². The lowest BCUT2D eigenvalue weighted by Gasteiger charge is -2.32. The van der Waals surface area contributed by atoms with Crippen molar-refractivity contribution in [2.75, 3.05) is 19.6 Å². The van der Waals surface area contributed by atoms with E-state index in [1.54, 1.807) is 12.1 Å². The lowest BCUT2D eigenvalue weighted by Crippen LogP contribution is -2.44. The number of hydrogen-bond donors (Lipinski definition) is 2. The van der Waals surface area contributed by atoms with Crippen molar-refractivity contribution in [3.63, 3.8) is 0 Å². The molecule has 24 heavy (non-hydrogen) atoms. The smallest absolute Gasteiger partial charge is 0.317 e. The molecule has 0 bridgehead atoms. The molecule has 2 aromatic rings. The summed E-state index contributed by atoms with van der Waals surface area (Å²) in [5.41, 5.74) is 2.40. The lowest BCUT2D eigenvalue weighted by atomic mass is 9.90. The number of carbonyl (C=O) groups excluding carboxylic acids is 1. The summed E-state index contributed by atoms with van der Waals surface area (Å²) in [4.78, 5) is 14.2. The van der Waals surface area contributed by atoms with Crippen LogP contribution in [0.1, 0.15) is 29.9 Å². The van der Waals surface area contributed by atoms with E-state index in [-0.39, 0.29) is 11.8 Å². The van der Waals surface area contributed by atoms with E-state index in [2.05, 4.69) is 29.6 Å². The van der Waals surface area contributed by atoms with Gasteiger partial charge in [-0.25, -0.2) is 4.79 Å². The molecule has 0 aliphatic carbocycles. The second-order valence-electron chi connectivity index (χ2n) is 6.32. The highest BCUT2D eigenvalue weighted by Crippen LogP contribution is 2.27. The molecule has 0 unspecified atom stereocenters. The first-order chi connectivity index (χ1) is 11.7. The van der Waals surface area contributed by atoms with Crippen LogP contribution < -0.4 is 5.32 Å². The summed E-state index contributed by atoms with van der Waals surface area (Å²) in [5.74, 6) is 0.823. The summed E-state index contributed by atoms with van der Waals surface area (Å²) in [5, 5.41) is 12.4. The first-order valence-corrected chi connectivity index (χ1v) is 8.58. The minimum Gasteiger partial charge on any atom is -0.508 e. The SMILES string of the molecule is O=C(NCCc1cccc(O)c1)N1CCC(c2ccccc2)CC1. The molecule has 0 atom stereocenters. The van der Waals surface area contributed by atoms with Crippen molar-refractivity contribution < 1.29 is 9.90 Å². The van der Waals surface area contributed by atoms with Crippen molar-refractivity contribution in [2.24, 2.45) is 0 Å². The van der Waals surface area contributed by atoms with Crippen molar-refractivity contribution in [3.05, 3.63) is 65.7 Å². The van der Waals surface area contributed by atoms with E-state index in [0.717, 1.165) is 37.9 Å². The molecule has 126 valence electrons. The van der Waals surface area contributed by atoms with Crippen molar-refractivity contribution in [3.8, 4) is 5.75 Å². The molecule has 1 saturated heterocycles. The Balaban J connectivity index is 1.42. The number of carbonyl (C=O) groups is 1. The van der Waals surface area contributed by atoms with Gasteiger partial charge in [0, 0.05) is 19.6 Å². The van der Waals surface area contributed by atoms with Gasteiger partial charge in [-0.3, -0.25) is 0 Å². The van der Waals surface area contributed by atoms with E-state index in [0.29, 0.717) is 12.5 Å². The third kappa shape index (κ3) is 4.28. The number of nitrogens with zero attached hydrogens (tertiary/aromatic N) is 1. The molecule has 1 aliphatic rings. The molecule has 0 radical (unpaired) electrons. The fraction of sp³-hybridized carbons (Fsp3) is 0.350. The topological polar surface area (TPSA) is 52.6 Å². The van der Waals surface area contributed by atoms with E-state index in [1.165, 1.54) is 5.56 Å². The molecule has 0 aromatic heterocycles. The van der Waals surface area contributed by atoms with E-state index >= 15 is 0 Å². The van der Waals surface area contributed by atoms with Crippen molar-refractivity contribution >= 4 is 6.03 Å². The van der Waals surface area contributed by atoms with Crippen LogP contribution in [0.25, 0.3) is 0 Å². The maximum atomic E-state index is 12.3. The molecule has 1 heterocycles. The van der Waals surface area contributed by atoms with Crippen LogP contribution in [0.2, 0.25) is 0 Å². The van der Waals surface area contributed by atoms with Gasteiger partial charge in [-0.2, -0.15) is 0 Å². The number of urea groups is 1. The number of nitrogens with one attached hydrogen (secondary N) is 1. The molecular weight excluding hydrogens is 300 g/mol. The van der Waals surface area contributed by atoms with Gasteiger partial charge in [0.25, 0.3) is 0 Å². The van der Waals surface area contributed by atoms with E-state index in [9.17, 15) is 9.90 Å². The van der Waals surface area contributed by atoms with Crippen molar-refractivity contribution in [1.29, 1.82) is 0 Å². The molecule has 1 aliphatic heterocycles. The van der Waals surface area contributed by atoms with Crippen LogP contribution in [0.3, 0.4) is 0 Å². The number of benzene rings is 2. The van der Waals surface area contributed by atoms with Gasteiger partial charge in [-0.1, -0.05) is 42.5 Å². The molecule has 3 rings (SSSR count). The summed E-state index contributed by atoms with van der Waals surface area (Å²) in [6, 6.07) is 17.7. The fourth-order valence-electron chi connectivity index (χ4n) is 3.28. The zero-order valence-corrected chi connectivity index (χ0v) is 13.8. The summed E-state index contributed by atoms with van der Waals surface area (Å²) < 4.78 is 0. The maximum absolute atomic E-state index is 12.3. The highest BCUT2D eigenvalue weighted by molar-refractivity contribution is 5.74. The van der Waals surface area contributed by atoms with Crippen LogP contribution in [-0.4, -0.2) is 35.7 Å². The zero-order chi connectivity index (χ0) is 16.8. The van der Waals surface area contributed by atoms with Crippen LogP contribution in [0.4, 0.5) is 4.79 Å². The number of likely N-dealkylation sites (tertiary alicyclic amines) is 1. The zero-order valence-electron chi connectivity index (χ0n) is 13.8. The Bertz CT molecular complexity index is 664. The van der Waals surface area contributed by atoms with E-state index in [1.807, 2.05) is 23.1 Å². The average molecular weight is 324 g/mol. The van der Waals surface area contributed by atoms with Gasteiger partial charge in [-0.05, 0) is 48.4 Å². The van der Waals surface area contributed by atoms with Crippen LogP contribution in [0.15, 0.2) is 54.6 Å². The average Bonchev–Trinajstić information content (AvgIpc) is 2.63. The molecule has 0 spiro atoms. The Hall–Kier alpha value is -2.49. The first kappa shape index (κ1) is 16.4. The molecular formula is C20H24N2O2. The quantitative estimate of drug-likeness (QED) is 0.904. The van der Waals surface area contributed by atoms with Crippen LogP contribution in [0.5, 0.6) is 5.75 Å². The monoisotopic (exact) mass is 324 g/mol. The molecule has 0 saturated carbocycles. The number of phenolic OH excluding ortho intramolecular Hbond substituents is 1. The third-order valence-electron chi connectivity index (χ3n) is 4.65. The van der Waals surface area contributed by atoms with Gasteiger partial charge in [0.15, 0.2) is 0 Å². The third-order valence-corrected chi connectivity index (χ3v) is 4.65. The summed E-state index contributed by atoms with van der Waals surface area (Å²) in [6.07, 6.45) is 2.76. The van der Waals surface area contributed by atoms with E-state index < -0.39 is 0 Å². The predicted molar refractivity (Wildman–Crippen MR) is 95.2 cm³/mol. The molecule has 1 fully saturated rings. The highest BCUT2D eigenvalue weighted by atomic mass is 16.3. The Morgan fingerprint density at radius 2 is 1.83 bits per heavy atom. The molecule has 4 nitrogen and oxygen atoms in total. The van der Waals surface area contributed by atoms with Crippen molar-refractivity contribution in [2.45, 2.75) is 25.2 Å². The molecule has 4 heteroatoms. The number of phenols is 1. The van der Waals surface area contributed by atoms with Gasteiger partial charge in [0.05, 0.1) is 0 Å². The second kappa shape index (κ2) is 7.86. The maximum Gasteiger partial charge on any atom is 0.317 e. The Labute approximate surface area is 143 Å². The van der Waals surface area contributed by atoms with Crippen LogP contribution in [-0.2, 0) is 6.42 Å². The first-order valence-electron chi connectivity index (χ1n) is 8.58. The van der Waals surface area contributed by atoms with Gasteiger partial charge < -0.3 is 15.3 Å². The second-order valence-corrected chi connectivity index (χ2v) is 6.32. The molecule has 2 N–H and O–H groups in total. The number of rotatable bonds is 4. The van der Waals surface area contributed by atoms with Gasteiger partial charge >= 0.3 is 6.03 Å². The minimum atomic E-state index is 0.0154. The fourth-order valence-corrected chi connectivity index (χ4v) is 3.28. The summed E-state index contributed by atoms with van der Waals surface area (Å²) >= 11 is 0. The number of amides is 2. The van der Waals surface area contributed by atoms with Gasteiger partial charge in [0.1, 0.15) is 5.75 Å². The standard InChI is InChI=1S/C20H24N2O2/c23-19-8-4-5-16(15-19)9-12-21-20(24)22-13-10-18(11-14-22)17-6-2-1-3-7-17/h1-8,15,18,23H,9-14H2,(H,21,24). The summed E-state index contributed by atoms with van der Waals surface area (Å²) in [6.45, 7) is 2.19. The molecule has 2 amide bonds. The lowest BCUT2D eigenvalue weighted by molar-refractivity contribution is 0.181. The van der Waals surface area contributed by atoms with E-state index in [4.69, 9.17) is 0 Å². The predicted octanol–water partition coefficient (Wildman–Crippen LogP) is 3.52. The summed E-state index contributed by atoms with van der Waals surface area (Å²) in [7, 11) is 0. The van der Waals surface area contributed by atoms with Crippen LogP contribution >= 0.6 is 0 Å². The number of piperidine rings is 1. The minimum absolute atomic E-state index is 0.0154. The van der Waals surface area contributed by atoms with Crippen LogP contribution in [0, 0.1) is 0 Å². The van der Waals surface area contributed by atoms with Gasteiger partial charge in [-0.15, -0.1) is 0 Å². The molecule has 2 aromatic carbocycles.